The molecule has 8 nitrogen and oxygen atoms in total. The Kier molecular flexibility index (Phi) is 7.21. The van der Waals surface area contributed by atoms with E-state index < -0.39 is 16.1 Å². The normalized spacial score (nSPS) is 11.4. The molecule has 5 aromatic rings. The van der Waals surface area contributed by atoms with E-state index in [0.29, 0.717) is 18.7 Å². The molecule has 5 rings (SSSR count). The number of aromatic nitrogens is 2. The summed E-state index contributed by atoms with van der Waals surface area (Å²) >= 11 is 0. The van der Waals surface area contributed by atoms with E-state index in [9.17, 15) is 13.2 Å². The Morgan fingerprint density at radius 3 is 2.32 bits per heavy atom. The highest BCUT2D eigenvalue weighted by atomic mass is 32.2. The smallest absolute Gasteiger partial charge is 0.409 e. The van der Waals surface area contributed by atoms with Crippen LogP contribution in [-0.2, 0) is 27.9 Å². The summed E-state index contributed by atoms with van der Waals surface area (Å²) in [5, 5.41) is 0. The van der Waals surface area contributed by atoms with Gasteiger partial charge in [0.2, 0.25) is 0 Å². The van der Waals surface area contributed by atoms with Crippen molar-refractivity contribution in [3.8, 4) is 16.9 Å². The minimum atomic E-state index is -4.05. The summed E-state index contributed by atoms with van der Waals surface area (Å²) in [6.45, 7) is 1.01. The Hall–Kier alpha value is -4.47. The van der Waals surface area contributed by atoms with Gasteiger partial charge in [-0.2, -0.15) is 0 Å². The second-order valence-corrected chi connectivity index (χ2v) is 10.2. The van der Waals surface area contributed by atoms with Crippen LogP contribution in [0.4, 0.5) is 4.79 Å². The molecule has 0 saturated carbocycles. The van der Waals surface area contributed by atoms with Crippen molar-refractivity contribution in [3.05, 3.63) is 115 Å². The Labute approximate surface area is 220 Å². The minimum Gasteiger partial charge on any atom is -0.409 e. The van der Waals surface area contributed by atoms with Gasteiger partial charge in [0.25, 0.3) is 10.0 Å². The second-order valence-electron chi connectivity index (χ2n) is 8.54. The fourth-order valence-corrected chi connectivity index (χ4v) is 5.09. The third-order valence-electron chi connectivity index (χ3n) is 5.97. The van der Waals surface area contributed by atoms with E-state index in [1.165, 1.54) is 12.1 Å². The number of hydrogen-bond donors (Lipinski definition) is 1. The standard InChI is InChI=1S/C29H25N3O5S/c1-36-20-28-30-25-12-6-7-13-26(25)32(28)19-21-15-17-22(18-16-21)24-11-5-8-14-27(24)37-29(33)31-38(34,35)23-9-3-2-4-10-23/h2-18H,19-20H2,1H3,(H,31,33). The van der Waals surface area contributed by atoms with Crippen LogP contribution in [0.2, 0.25) is 0 Å². The predicted octanol–water partition coefficient (Wildman–Crippen LogP) is 5.38. The van der Waals surface area contributed by atoms with Crippen LogP contribution < -0.4 is 9.46 Å². The van der Waals surface area contributed by atoms with Gasteiger partial charge < -0.3 is 14.0 Å². The van der Waals surface area contributed by atoms with Gasteiger partial charge >= 0.3 is 6.09 Å². The second kappa shape index (κ2) is 10.9. The van der Waals surface area contributed by atoms with Crippen LogP contribution in [0.1, 0.15) is 11.4 Å². The highest BCUT2D eigenvalue weighted by Gasteiger charge is 2.20. The number of amides is 1. The van der Waals surface area contributed by atoms with Gasteiger partial charge in [0.15, 0.2) is 0 Å². The SMILES string of the molecule is COCc1nc2ccccc2n1Cc1ccc(-c2ccccc2OC(=O)NS(=O)(=O)c2ccccc2)cc1. The molecule has 0 atom stereocenters. The average molecular weight is 528 g/mol. The van der Waals surface area contributed by atoms with Gasteiger partial charge in [-0.25, -0.2) is 22.9 Å². The lowest BCUT2D eigenvalue weighted by atomic mass is 10.0. The maximum absolute atomic E-state index is 12.5. The minimum absolute atomic E-state index is 0.0276. The monoisotopic (exact) mass is 527 g/mol. The molecule has 0 bridgehead atoms. The summed E-state index contributed by atoms with van der Waals surface area (Å²) in [5.74, 6) is 1.08. The first-order valence-corrected chi connectivity index (χ1v) is 13.3. The van der Waals surface area contributed by atoms with E-state index in [-0.39, 0.29) is 10.6 Å². The van der Waals surface area contributed by atoms with Crippen molar-refractivity contribution < 1.29 is 22.7 Å². The molecule has 0 saturated heterocycles. The van der Waals surface area contributed by atoms with Crippen molar-refractivity contribution in [1.29, 1.82) is 0 Å². The largest absolute Gasteiger partial charge is 0.426 e. The number of nitrogens with one attached hydrogen (secondary N) is 1. The molecule has 0 aliphatic carbocycles. The predicted molar refractivity (Wildman–Crippen MR) is 144 cm³/mol. The van der Waals surface area contributed by atoms with Crippen LogP contribution >= 0.6 is 0 Å². The number of nitrogens with zero attached hydrogens (tertiary/aromatic N) is 2. The number of carbonyl (C=O) groups excluding carboxylic acids is 1. The maximum Gasteiger partial charge on any atom is 0.426 e. The highest BCUT2D eigenvalue weighted by Crippen LogP contribution is 2.30. The van der Waals surface area contributed by atoms with Gasteiger partial charge in [0, 0.05) is 19.2 Å². The van der Waals surface area contributed by atoms with Gasteiger partial charge in [-0.1, -0.05) is 72.8 Å². The lowest BCUT2D eigenvalue weighted by Gasteiger charge is -2.13. The summed E-state index contributed by atoms with van der Waals surface area (Å²) in [7, 11) is -2.40. The maximum atomic E-state index is 12.5. The van der Waals surface area contributed by atoms with Crippen molar-refractivity contribution in [2.75, 3.05) is 7.11 Å². The molecule has 0 radical (unpaired) electrons. The van der Waals surface area contributed by atoms with Crippen molar-refractivity contribution in [2.24, 2.45) is 0 Å². The summed E-state index contributed by atoms with van der Waals surface area (Å²) in [5.41, 5.74) is 4.46. The first-order chi connectivity index (χ1) is 18.4. The van der Waals surface area contributed by atoms with Crippen molar-refractivity contribution >= 4 is 27.1 Å². The van der Waals surface area contributed by atoms with E-state index in [4.69, 9.17) is 9.47 Å². The molecular formula is C29H25N3O5S. The Bertz CT molecular complexity index is 1680. The quantitative estimate of drug-likeness (QED) is 0.291. The number of hydrogen-bond acceptors (Lipinski definition) is 6. The van der Waals surface area contributed by atoms with E-state index in [0.717, 1.165) is 28.0 Å². The average Bonchev–Trinajstić information content (AvgIpc) is 3.27. The summed E-state index contributed by atoms with van der Waals surface area (Å²) < 4.78 is 39.8. The fraction of sp³-hybridized carbons (Fsp3) is 0.103. The van der Waals surface area contributed by atoms with Crippen LogP contribution in [0.25, 0.3) is 22.2 Å². The summed E-state index contributed by atoms with van der Waals surface area (Å²) in [6.07, 6.45) is -1.09. The number of fused-ring (bicyclic) bond motifs is 1. The van der Waals surface area contributed by atoms with Crippen LogP contribution in [0.3, 0.4) is 0 Å². The van der Waals surface area contributed by atoms with Gasteiger partial charge in [-0.3, -0.25) is 0 Å². The topological polar surface area (TPSA) is 99.5 Å². The molecule has 1 heterocycles. The first kappa shape index (κ1) is 25.2. The molecule has 0 aliphatic heterocycles. The van der Waals surface area contributed by atoms with Gasteiger partial charge in [0.1, 0.15) is 18.2 Å². The van der Waals surface area contributed by atoms with E-state index in [1.807, 2.05) is 65.4 Å². The number of para-hydroxylation sites is 3. The lowest BCUT2D eigenvalue weighted by Crippen LogP contribution is -2.33. The molecule has 1 aromatic heterocycles. The number of carbonyl (C=O) groups is 1. The number of sulfonamides is 1. The van der Waals surface area contributed by atoms with Crippen LogP contribution in [0, 0.1) is 0 Å². The molecule has 4 aromatic carbocycles. The van der Waals surface area contributed by atoms with Gasteiger partial charge in [-0.05, 0) is 41.5 Å². The van der Waals surface area contributed by atoms with Crippen molar-refractivity contribution in [2.45, 2.75) is 18.0 Å². The first-order valence-electron chi connectivity index (χ1n) is 11.9. The number of methoxy groups -OCH3 is 1. The molecule has 0 spiro atoms. The van der Waals surface area contributed by atoms with Gasteiger partial charge in [-0.15, -0.1) is 0 Å². The Morgan fingerprint density at radius 1 is 0.868 bits per heavy atom. The lowest BCUT2D eigenvalue weighted by molar-refractivity contribution is 0.175. The zero-order chi connectivity index (χ0) is 26.5. The number of benzene rings is 4. The molecule has 9 heteroatoms. The number of ether oxygens (including phenoxy) is 2. The third kappa shape index (κ3) is 5.44. The summed E-state index contributed by atoms with van der Waals surface area (Å²) in [4.78, 5) is 17.1. The fourth-order valence-electron chi connectivity index (χ4n) is 4.20. The molecule has 0 fully saturated rings. The summed E-state index contributed by atoms with van der Waals surface area (Å²) in [6, 6.07) is 30.4. The van der Waals surface area contributed by atoms with E-state index >= 15 is 0 Å². The van der Waals surface area contributed by atoms with Crippen molar-refractivity contribution in [1.82, 2.24) is 14.3 Å². The van der Waals surface area contributed by atoms with Crippen LogP contribution in [-0.4, -0.2) is 31.2 Å². The van der Waals surface area contributed by atoms with E-state index in [2.05, 4.69) is 9.55 Å². The molecule has 38 heavy (non-hydrogen) atoms. The van der Waals surface area contributed by atoms with Crippen molar-refractivity contribution in [3.63, 3.8) is 0 Å². The van der Waals surface area contributed by atoms with Crippen LogP contribution in [0.15, 0.2) is 108 Å². The zero-order valence-electron chi connectivity index (χ0n) is 20.6. The third-order valence-corrected chi connectivity index (χ3v) is 7.30. The number of rotatable bonds is 8. The van der Waals surface area contributed by atoms with Crippen LogP contribution in [0.5, 0.6) is 5.75 Å². The molecule has 1 amide bonds. The highest BCUT2D eigenvalue weighted by molar-refractivity contribution is 7.90. The zero-order valence-corrected chi connectivity index (χ0v) is 21.4. The van der Waals surface area contributed by atoms with Gasteiger partial charge in [0.05, 0.1) is 15.9 Å². The number of imidazole rings is 1. The molecule has 0 aliphatic rings. The molecule has 192 valence electrons. The molecular weight excluding hydrogens is 502 g/mol. The molecule has 1 N–H and O–H groups in total. The Balaban J connectivity index is 1.35. The molecule has 0 unspecified atom stereocenters. The Morgan fingerprint density at radius 2 is 1.55 bits per heavy atom. The van der Waals surface area contributed by atoms with E-state index in [1.54, 1.807) is 37.4 Å².